The minimum Gasteiger partial charge on any atom is -0.315 e. The molecule has 1 saturated carbocycles. The second-order valence-electron chi connectivity index (χ2n) is 3.71. The summed E-state index contributed by atoms with van der Waals surface area (Å²) in [6.45, 7) is 6.45. The third-order valence-corrected chi connectivity index (χ3v) is 2.81. The lowest BCUT2D eigenvalue weighted by Gasteiger charge is -2.11. The van der Waals surface area contributed by atoms with E-state index in [-0.39, 0.29) is 0 Å². The first-order chi connectivity index (χ1) is 5.83. The molecule has 0 amide bonds. The Balaban J connectivity index is 1.98. The zero-order valence-electron chi connectivity index (χ0n) is 8.24. The Bertz CT molecular complexity index is 181. The van der Waals surface area contributed by atoms with Crippen molar-refractivity contribution in [3.05, 3.63) is 0 Å². The van der Waals surface area contributed by atoms with Crippen LogP contribution in [0, 0.1) is 17.3 Å². The summed E-state index contributed by atoms with van der Waals surface area (Å²) in [6, 6.07) is 0. The first kappa shape index (κ1) is 9.61. The highest BCUT2D eigenvalue weighted by Crippen LogP contribution is 2.47. The fourth-order valence-electron chi connectivity index (χ4n) is 1.46. The van der Waals surface area contributed by atoms with Crippen molar-refractivity contribution in [2.75, 3.05) is 13.1 Å². The Morgan fingerprint density at radius 2 is 2.17 bits per heavy atom. The maximum atomic E-state index is 3.47. The average Bonchev–Trinajstić information content (AvgIpc) is 2.85. The number of rotatable bonds is 5. The van der Waals surface area contributed by atoms with Gasteiger partial charge in [-0.15, -0.1) is 11.8 Å². The largest absolute Gasteiger partial charge is 0.315 e. The van der Waals surface area contributed by atoms with E-state index in [1.54, 1.807) is 0 Å². The fourth-order valence-corrected chi connectivity index (χ4v) is 1.46. The Hall–Kier alpha value is -0.480. The van der Waals surface area contributed by atoms with Crippen molar-refractivity contribution in [3.63, 3.8) is 0 Å². The highest BCUT2D eigenvalue weighted by atomic mass is 14.9. The molecule has 1 heteroatoms. The second kappa shape index (κ2) is 4.52. The molecule has 0 saturated heterocycles. The molecule has 0 atom stereocenters. The summed E-state index contributed by atoms with van der Waals surface area (Å²) in [5, 5.41) is 3.47. The lowest BCUT2D eigenvalue weighted by Crippen LogP contribution is -2.24. The molecular weight excluding hydrogens is 146 g/mol. The van der Waals surface area contributed by atoms with Gasteiger partial charge in [0.25, 0.3) is 0 Å². The number of nitrogens with one attached hydrogen (secondary N) is 1. The molecule has 0 bridgehead atoms. The van der Waals surface area contributed by atoms with Crippen LogP contribution >= 0.6 is 0 Å². The van der Waals surface area contributed by atoms with Gasteiger partial charge in [0.1, 0.15) is 0 Å². The van der Waals surface area contributed by atoms with Crippen molar-refractivity contribution in [1.29, 1.82) is 0 Å². The summed E-state index contributed by atoms with van der Waals surface area (Å²) in [5.41, 5.74) is 0.680. The van der Waals surface area contributed by atoms with Gasteiger partial charge in [0.15, 0.2) is 0 Å². The molecule has 1 aliphatic carbocycles. The predicted octanol–water partition coefficient (Wildman–Crippen LogP) is 2.18. The molecule has 0 radical (unpaired) electrons. The molecule has 0 heterocycles. The monoisotopic (exact) mass is 165 g/mol. The van der Waals surface area contributed by atoms with E-state index < -0.39 is 0 Å². The van der Waals surface area contributed by atoms with Gasteiger partial charge in [-0.2, -0.15) is 0 Å². The van der Waals surface area contributed by atoms with Crippen LogP contribution in [0.3, 0.4) is 0 Å². The molecule has 0 spiro atoms. The zero-order chi connectivity index (χ0) is 8.86. The molecule has 1 rings (SSSR count). The predicted molar refractivity (Wildman–Crippen MR) is 52.9 cm³/mol. The third kappa shape index (κ3) is 2.87. The molecule has 0 unspecified atom stereocenters. The molecule has 0 aromatic heterocycles. The first-order valence-electron chi connectivity index (χ1n) is 4.93. The van der Waals surface area contributed by atoms with Crippen LogP contribution in [0.1, 0.15) is 39.5 Å². The van der Waals surface area contributed by atoms with Crippen LogP contribution in [0.4, 0.5) is 0 Å². The minimum absolute atomic E-state index is 0.680. The molecule has 12 heavy (non-hydrogen) atoms. The Labute approximate surface area is 75.9 Å². The van der Waals surface area contributed by atoms with E-state index in [4.69, 9.17) is 0 Å². The lowest BCUT2D eigenvalue weighted by atomic mass is 10.0. The van der Waals surface area contributed by atoms with Crippen LogP contribution in [-0.2, 0) is 0 Å². The van der Waals surface area contributed by atoms with E-state index >= 15 is 0 Å². The van der Waals surface area contributed by atoms with Gasteiger partial charge < -0.3 is 5.32 Å². The van der Waals surface area contributed by atoms with Gasteiger partial charge in [0.05, 0.1) is 0 Å². The van der Waals surface area contributed by atoms with Crippen molar-refractivity contribution < 1.29 is 0 Å². The van der Waals surface area contributed by atoms with Crippen molar-refractivity contribution in [3.8, 4) is 11.8 Å². The number of hydrogen-bond acceptors (Lipinski definition) is 1. The minimum atomic E-state index is 0.680. The summed E-state index contributed by atoms with van der Waals surface area (Å²) >= 11 is 0. The van der Waals surface area contributed by atoms with Crippen LogP contribution in [0.15, 0.2) is 0 Å². The SMILES string of the molecule is CC#CCCNCC1(CC)CC1. The van der Waals surface area contributed by atoms with E-state index in [0.717, 1.165) is 13.0 Å². The Morgan fingerprint density at radius 3 is 2.67 bits per heavy atom. The molecular formula is C11H19N. The van der Waals surface area contributed by atoms with Crippen molar-refractivity contribution in [2.45, 2.75) is 39.5 Å². The van der Waals surface area contributed by atoms with Crippen LogP contribution in [0.2, 0.25) is 0 Å². The summed E-state index contributed by atoms with van der Waals surface area (Å²) < 4.78 is 0. The lowest BCUT2D eigenvalue weighted by molar-refractivity contribution is 0.447. The van der Waals surface area contributed by atoms with E-state index in [1.165, 1.54) is 25.8 Å². The molecule has 1 nitrogen and oxygen atoms in total. The molecule has 0 aromatic carbocycles. The zero-order valence-corrected chi connectivity index (χ0v) is 8.24. The maximum absolute atomic E-state index is 3.47. The highest BCUT2D eigenvalue weighted by molar-refractivity contribution is 4.96. The maximum Gasteiger partial charge on any atom is 0.0214 e. The average molecular weight is 165 g/mol. The quantitative estimate of drug-likeness (QED) is 0.486. The first-order valence-corrected chi connectivity index (χ1v) is 4.93. The van der Waals surface area contributed by atoms with Gasteiger partial charge in [0.2, 0.25) is 0 Å². The van der Waals surface area contributed by atoms with Crippen LogP contribution in [-0.4, -0.2) is 13.1 Å². The summed E-state index contributed by atoms with van der Waals surface area (Å²) in [4.78, 5) is 0. The topological polar surface area (TPSA) is 12.0 Å². The van der Waals surface area contributed by atoms with Gasteiger partial charge in [-0.25, -0.2) is 0 Å². The molecule has 1 N–H and O–H groups in total. The molecule has 0 aliphatic heterocycles. The Kier molecular flexibility index (Phi) is 3.62. The van der Waals surface area contributed by atoms with Crippen molar-refractivity contribution in [2.24, 2.45) is 5.41 Å². The van der Waals surface area contributed by atoms with Gasteiger partial charge >= 0.3 is 0 Å². The summed E-state index contributed by atoms with van der Waals surface area (Å²) in [5.74, 6) is 5.97. The van der Waals surface area contributed by atoms with Crippen molar-refractivity contribution >= 4 is 0 Å². The normalized spacial score (nSPS) is 18.2. The van der Waals surface area contributed by atoms with Crippen LogP contribution < -0.4 is 5.32 Å². The molecule has 1 fully saturated rings. The van der Waals surface area contributed by atoms with Crippen molar-refractivity contribution in [1.82, 2.24) is 5.32 Å². The second-order valence-corrected chi connectivity index (χ2v) is 3.71. The van der Waals surface area contributed by atoms with E-state index in [0.29, 0.717) is 5.41 Å². The van der Waals surface area contributed by atoms with E-state index in [2.05, 4.69) is 24.1 Å². The fraction of sp³-hybridized carbons (Fsp3) is 0.818. The third-order valence-electron chi connectivity index (χ3n) is 2.81. The molecule has 1 aliphatic rings. The van der Waals surface area contributed by atoms with Crippen LogP contribution in [0.25, 0.3) is 0 Å². The summed E-state index contributed by atoms with van der Waals surface area (Å²) in [6.07, 6.45) is 5.18. The van der Waals surface area contributed by atoms with Gasteiger partial charge in [-0.05, 0) is 31.6 Å². The summed E-state index contributed by atoms with van der Waals surface area (Å²) in [7, 11) is 0. The molecule has 0 aromatic rings. The van der Waals surface area contributed by atoms with E-state index in [1.807, 2.05) is 6.92 Å². The smallest absolute Gasteiger partial charge is 0.0214 e. The highest BCUT2D eigenvalue weighted by Gasteiger charge is 2.39. The standard InChI is InChI=1S/C11H19N/c1-3-5-6-9-12-10-11(4-2)7-8-11/h12H,4,6-10H2,1-2H3. The Morgan fingerprint density at radius 1 is 1.42 bits per heavy atom. The van der Waals surface area contributed by atoms with E-state index in [9.17, 15) is 0 Å². The van der Waals surface area contributed by atoms with Gasteiger partial charge in [-0.1, -0.05) is 6.92 Å². The molecule has 68 valence electrons. The van der Waals surface area contributed by atoms with Gasteiger partial charge in [-0.3, -0.25) is 0 Å². The number of hydrogen-bond donors (Lipinski definition) is 1. The van der Waals surface area contributed by atoms with Gasteiger partial charge in [0, 0.05) is 19.5 Å². The van der Waals surface area contributed by atoms with Crippen LogP contribution in [0.5, 0.6) is 0 Å².